The topological polar surface area (TPSA) is 72.8 Å². The molecule has 142 valence electrons. The molecule has 0 aliphatic carbocycles. The lowest BCUT2D eigenvalue weighted by Crippen LogP contribution is -2.43. The van der Waals surface area contributed by atoms with Crippen molar-refractivity contribution in [1.82, 2.24) is 0 Å². The van der Waals surface area contributed by atoms with Crippen molar-refractivity contribution >= 4 is 22.4 Å². The molecule has 26 heavy (non-hydrogen) atoms. The van der Waals surface area contributed by atoms with Crippen molar-refractivity contribution in [3.8, 4) is 0 Å². The van der Waals surface area contributed by atoms with E-state index in [1.807, 2.05) is 52.0 Å². The second-order valence-electron chi connectivity index (χ2n) is 9.06. The van der Waals surface area contributed by atoms with Crippen molar-refractivity contribution in [3.05, 3.63) is 29.8 Å². The number of benzene rings is 1. The second kappa shape index (κ2) is 5.57. The summed E-state index contributed by atoms with van der Waals surface area (Å²) in [6.07, 6.45) is 1.92. The van der Waals surface area contributed by atoms with Crippen LogP contribution in [-0.4, -0.2) is 42.3 Å². The Morgan fingerprint density at radius 1 is 0.962 bits per heavy atom. The van der Waals surface area contributed by atoms with Crippen LogP contribution >= 0.6 is 0 Å². The monoisotopic (exact) mass is 378 g/mol. The summed E-state index contributed by atoms with van der Waals surface area (Å²) in [5, 5.41) is 10.3. The van der Waals surface area contributed by atoms with Crippen LogP contribution in [0.4, 0.5) is 0 Å². The average molecular weight is 378 g/mol. The second-order valence-corrected chi connectivity index (χ2v) is 11.6. The number of hydrogen-bond donors (Lipinski definition) is 1. The summed E-state index contributed by atoms with van der Waals surface area (Å²) in [5.74, 6) is 0. The van der Waals surface area contributed by atoms with E-state index < -0.39 is 44.3 Å². The van der Waals surface area contributed by atoms with Gasteiger partial charge in [-0.15, -0.1) is 0 Å². The minimum absolute atomic E-state index is 0.293. The lowest BCUT2D eigenvalue weighted by Gasteiger charge is -2.36. The first kappa shape index (κ1) is 18.5. The lowest BCUT2D eigenvalue weighted by molar-refractivity contribution is 0.00578. The molecule has 2 atom stereocenters. The first-order valence-electron chi connectivity index (χ1n) is 9.36. The minimum Gasteiger partial charge on any atom is -0.399 e. The van der Waals surface area contributed by atoms with E-state index in [4.69, 9.17) is 9.31 Å². The molecule has 0 saturated carbocycles. The van der Waals surface area contributed by atoms with E-state index in [9.17, 15) is 13.5 Å². The van der Waals surface area contributed by atoms with E-state index in [1.165, 1.54) is 0 Å². The molecule has 1 aromatic rings. The standard InChI is InChI=1S/C19H27BO5S/c1-17(2)18(3,4)25-20(24-17)14-7-5-13(6-8-14)19(21)11-15-9-10-16(12-19)26(15,22)23/h5-8,15-16,21H,9-12H2,1-4H3. The molecule has 7 heteroatoms. The van der Waals surface area contributed by atoms with Crippen molar-refractivity contribution < 1.29 is 22.8 Å². The van der Waals surface area contributed by atoms with Crippen molar-refractivity contribution in [2.45, 2.75) is 80.7 Å². The molecule has 4 rings (SSSR count). The van der Waals surface area contributed by atoms with Crippen molar-refractivity contribution in [2.75, 3.05) is 0 Å². The third-order valence-corrected chi connectivity index (χ3v) is 9.51. The number of fused-ring (bicyclic) bond motifs is 2. The van der Waals surface area contributed by atoms with E-state index in [2.05, 4.69) is 0 Å². The predicted octanol–water partition coefficient (Wildman–Crippen LogP) is 1.91. The highest BCUT2D eigenvalue weighted by Gasteiger charge is 2.54. The van der Waals surface area contributed by atoms with Gasteiger partial charge in [-0.2, -0.15) is 0 Å². The number of hydrogen-bond acceptors (Lipinski definition) is 5. The molecule has 3 fully saturated rings. The van der Waals surface area contributed by atoms with Gasteiger partial charge in [0.25, 0.3) is 0 Å². The maximum atomic E-state index is 12.3. The molecule has 1 aromatic carbocycles. The Bertz CT molecular complexity index is 779. The van der Waals surface area contributed by atoms with Gasteiger partial charge in [0, 0.05) is 0 Å². The SMILES string of the molecule is CC1(C)OB(c2ccc(C3(O)CC4CCC(C3)S4(=O)=O)cc2)OC1(C)C. The Hall–Kier alpha value is -0.885. The highest BCUT2D eigenvalue weighted by atomic mass is 32.2. The molecule has 3 aliphatic heterocycles. The first-order valence-corrected chi connectivity index (χ1v) is 11.0. The van der Waals surface area contributed by atoms with Crippen LogP contribution < -0.4 is 5.46 Å². The summed E-state index contributed by atoms with van der Waals surface area (Å²) in [5.41, 5.74) is -0.172. The fourth-order valence-electron chi connectivity index (χ4n) is 4.41. The van der Waals surface area contributed by atoms with Crippen LogP contribution in [0.5, 0.6) is 0 Å². The Morgan fingerprint density at radius 2 is 1.42 bits per heavy atom. The maximum Gasteiger partial charge on any atom is 0.494 e. The van der Waals surface area contributed by atoms with Crippen LogP contribution in [0.2, 0.25) is 0 Å². The van der Waals surface area contributed by atoms with Gasteiger partial charge in [0.05, 0.1) is 27.3 Å². The van der Waals surface area contributed by atoms with Gasteiger partial charge in [0.2, 0.25) is 0 Å². The predicted molar refractivity (Wildman–Crippen MR) is 101 cm³/mol. The third-order valence-electron chi connectivity index (χ3n) is 6.84. The van der Waals surface area contributed by atoms with Gasteiger partial charge in [-0.3, -0.25) is 0 Å². The summed E-state index contributed by atoms with van der Waals surface area (Å²) in [6.45, 7) is 8.06. The zero-order chi connectivity index (χ0) is 19.0. The molecular formula is C19H27BO5S. The van der Waals surface area contributed by atoms with E-state index in [1.54, 1.807) is 0 Å². The lowest BCUT2D eigenvalue weighted by atomic mass is 9.77. The fourth-order valence-corrected chi connectivity index (χ4v) is 6.90. The zero-order valence-electron chi connectivity index (χ0n) is 15.9. The summed E-state index contributed by atoms with van der Waals surface area (Å²) in [7, 11) is -3.49. The highest BCUT2D eigenvalue weighted by molar-refractivity contribution is 7.93. The van der Waals surface area contributed by atoms with Gasteiger partial charge in [-0.25, -0.2) is 8.42 Å². The van der Waals surface area contributed by atoms with Gasteiger partial charge in [-0.05, 0) is 64.4 Å². The molecule has 2 bridgehead atoms. The molecule has 2 unspecified atom stereocenters. The Labute approximate surface area is 156 Å². The molecule has 1 N–H and O–H groups in total. The number of sulfone groups is 1. The van der Waals surface area contributed by atoms with Crippen LogP contribution in [0.25, 0.3) is 0 Å². The number of aliphatic hydroxyl groups is 1. The highest BCUT2D eigenvalue weighted by Crippen LogP contribution is 2.47. The zero-order valence-corrected chi connectivity index (χ0v) is 16.7. The molecule has 0 amide bonds. The van der Waals surface area contributed by atoms with Crippen LogP contribution in [-0.2, 0) is 24.7 Å². The largest absolute Gasteiger partial charge is 0.494 e. The van der Waals surface area contributed by atoms with Crippen molar-refractivity contribution in [2.24, 2.45) is 0 Å². The van der Waals surface area contributed by atoms with Gasteiger partial charge in [0.1, 0.15) is 0 Å². The Balaban J connectivity index is 1.56. The van der Waals surface area contributed by atoms with Gasteiger partial charge in [0.15, 0.2) is 9.84 Å². The normalized spacial score (nSPS) is 37.0. The molecule has 0 spiro atoms. The van der Waals surface area contributed by atoms with Crippen LogP contribution in [0.15, 0.2) is 24.3 Å². The van der Waals surface area contributed by atoms with Gasteiger partial charge >= 0.3 is 7.12 Å². The average Bonchev–Trinajstić information content (AvgIpc) is 2.84. The van der Waals surface area contributed by atoms with Crippen LogP contribution in [0.3, 0.4) is 0 Å². The summed E-state index contributed by atoms with van der Waals surface area (Å²) >= 11 is 0. The molecule has 0 aromatic heterocycles. The van der Waals surface area contributed by atoms with E-state index in [-0.39, 0.29) is 0 Å². The fraction of sp³-hybridized carbons (Fsp3) is 0.684. The smallest absolute Gasteiger partial charge is 0.399 e. The molecule has 5 nitrogen and oxygen atoms in total. The molecule has 3 saturated heterocycles. The van der Waals surface area contributed by atoms with Gasteiger partial charge in [-0.1, -0.05) is 24.3 Å². The molecule has 3 aliphatic rings. The van der Waals surface area contributed by atoms with E-state index in [0.717, 1.165) is 11.0 Å². The first-order chi connectivity index (χ1) is 11.9. The van der Waals surface area contributed by atoms with E-state index in [0.29, 0.717) is 25.7 Å². The molecule has 3 heterocycles. The van der Waals surface area contributed by atoms with Crippen molar-refractivity contribution in [3.63, 3.8) is 0 Å². The Kier molecular flexibility index (Phi) is 3.96. The third kappa shape index (κ3) is 2.67. The Morgan fingerprint density at radius 3 is 1.88 bits per heavy atom. The summed E-state index contributed by atoms with van der Waals surface area (Å²) < 4.78 is 36.7. The molecular weight excluding hydrogens is 351 g/mol. The van der Waals surface area contributed by atoms with Crippen LogP contribution in [0, 0.1) is 0 Å². The molecule has 0 radical (unpaired) electrons. The van der Waals surface area contributed by atoms with Crippen molar-refractivity contribution in [1.29, 1.82) is 0 Å². The minimum atomic E-state index is -3.06. The van der Waals surface area contributed by atoms with Gasteiger partial charge < -0.3 is 14.4 Å². The summed E-state index contributed by atoms with van der Waals surface area (Å²) in [6, 6.07) is 7.61. The number of rotatable bonds is 2. The quantitative estimate of drug-likeness (QED) is 0.796. The summed E-state index contributed by atoms with van der Waals surface area (Å²) in [4.78, 5) is 0. The van der Waals surface area contributed by atoms with Crippen LogP contribution in [0.1, 0.15) is 58.9 Å². The maximum absolute atomic E-state index is 12.3. The van der Waals surface area contributed by atoms with E-state index >= 15 is 0 Å².